The van der Waals surface area contributed by atoms with E-state index in [1.165, 1.54) is 18.2 Å². The maximum absolute atomic E-state index is 12.6. The Morgan fingerprint density at radius 1 is 1.28 bits per heavy atom. The molecule has 0 aliphatic carbocycles. The van der Waals surface area contributed by atoms with Gasteiger partial charge in [0.1, 0.15) is 11.8 Å². The van der Waals surface area contributed by atoms with Crippen molar-refractivity contribution in [2.24, 2.45) is 0 Å². The first kappa shape index (κ1) is 20.8. The fourth-order valence-corrected chi connectivity index (χ4v) is 3.68. The first-order chi connectivity index (χ1) is 13.7. The number of hydrogen-bond donors (Lipinski definition) is 2. The Balaban J connectivity index is 2.04. The number of rotatable bonds is 6. The molecule has 1 aromatic rings. The lowest BCUT2D eigenvalue weighted by Gasteiger charge is -2.31. The molecule has 29 heavy (non-hydrogen) atoms. The third-order valence-electron chi connectivity index (χ3n) is 4.33. The number of esters is 1. The van der Waals surface area contributed by atoms with Crippen molar-refractivity contribution < 1.29 is 41.1 Å². The third kappa shape index (κ3) is 4.11. The van der Waals surface area contributed by atoms with Crippen LogP contribution in [0.1, 0.15) is 37.1 Å². The molecule has 2 aliphatic heterocycles. The molecule has 2 aliphatic rings. The smallest absolute Gasteiger partial charge is 0.418 e. The van der Waals surface area contributed by atoms with Gasteiger partial charge in [-0.15, -0.1) is 4.28 Å². The minimum atomic E-state index is -5.00. The summed E-state index contributed by atoms with van der Waals surface area (Å²) in [6.07, 6.45) is -0.708. The lowest BCUT2D eigenvalue weighted by molar-refractivity contribution is -0.148. The minimum Gasteiger partial charge on any atom is -0.464 e. The Hall–Kier alpha value is -2.90. The van der Waals surface area contributed by atoms with Crippen molar-refractivity contribution in [2.75, 3.05) is 19.7 Å². The van der Waals surface area contributed by atoms with Crippen LogP contribution in [-0.2, 0) is 24.2 Å². The standard InChI is InChI=1S/C16H19N3O9S/c1-3-17-15(21)27-9-5-6-10-11(7-9)12-8-18(13(10)14(20)26-4-2)16(22)19(12)28-29(23,24)25/h5-7,12-13H,3-4,8H2,1-2H3,(H,17,21)(H,23,24,25). The van der Waals surface area contributed by atoms with Gasteiger partial charge < -0.3 is 19.7 Å². The van der Waals surface area contributed by atoms with Gasteiger partial charge in [0.05, 0.1) is 13.2 Å². The van der Waals surface area contributed by atoms with E-state index in [2.05, 4.69) is 9.60 Å². The van der Waals surface area contributed by atoms with Crippen LogP contribution in [0, 0.1) is 0 Å². The SMILES string of the molecule is CCNC(=O)Oc1ccc2c(c1)C1CN(C(=O)N1OS(=O)(=O)O)C2C(=O)OCC. The van der Waals surface area contributed by atoms with Crippen molar-refractivity contribution in [3.8, 4) is 5.75 Å². The highest BCUT2D eigenvalue weighted by Gasteiger charge is 2.52. The molecule has 0 aromatic heterocycles. The number of ether oxygens (including phenoxy) is 2. The van der Waals surface area contributed by atoms with E-state index in [0.29, 0.717) is 22.7 Å². The lowest BCUT2D eigenvalue weighted by atomic mass is 9.91. The molecule has 0 radical (unpaired) electrons. The first-order valence-corrected chi connectivity index (χ1v) is 10.1. The predicted molar refractivity (Wildman–Crippen MR) is 94.8 cm³/mol. The fourth-order valence-electron chi connectivity index (χ4n) is 3.31. The normalized spacial score (nSPS) is 20.3. The van der Waals surface area contributed by atoms with Crippen LogP contribution in [0.2, 0.25) is 0 Å². The lowest BCUT2D eigenvalue weighted by Crippen LogP contribution is -2.39. The van der Waals surface area contributed by atoms with Gasteiger partial charge in [0.2, 0.25) is 0 Å². The molecule has 2 unspecified atom stereocenters. The number of carbonyl (C=O) groups excluding carboxylic acids is 3. The summed E-state index contributed by atoms with van der Waals surface area (Å²) in [5, 5.41) is 2.91. The summed E-state index contributed by atoms with van der Waals surface area (Å²) in [5.41, 5.74) is 0.674. The Labute approximate surface area is 166 Å². The average molecular weight is 429 g/mol. The van der Waals surface area contributed by atoms with E-state index in [1.54, 1.807) is 13.8 Å². The van der Waals surface area contributed by atoms with Gasteiger partial charge >= 0.3 is 28.5 Å². The predicted octanol–water partition coefficient (Wildman–Crippen LogP) is 0.926. The zero-order chi connectivity index (χ0) is 21.3. The van der Waals surface area contributed by atoms with Gasteiger partial charge in [-0.25, -0.2) is 14.4 Å². The molecule has 0 saturated carbocycles. The second-order valence-corrected chi connectivity index (χ2v) is 7.15. The number of urea groups is 1. The summed E-state index contributed by atoms with van der Waals surface area (Å²) in [4.78, 5) is 37.9. The molecule has 13 heteroatoms. The summed E-state index contributed by atoms with van der Waals surface area (Å²) in [7, 11) is -5.00. The highest BCUT2D eigenvalue weighted by atomic mass is 32.3. The Morgan fingerprint density at radius 3 is 2.62 bits per heavy atom. The van der Waals surface area contributed by atoms with Crippen LogP contribution >= 0.6 is 0 Å². The topological polar surface area (TPSA) is 152 Å². The minimum absolute atomic E-state index is 0.0692. The van der Waals surface area contributed by atoms with E-state index in [0.717, 1.165) is 4.90 Å². The average Bonchev–Trinajstić information content (AvgIpc) is 2.88. The van der Waals surface area contributed by atoms with Crippen LogP contribution in [0.25, 0.3) is 0 Å². The van der Waals surface area contributed by atoms with Gasteiger partial charge in [0, 0.05) is 6.54 Å². The summed E-state index contributed by atoms with van der Waals surface area (Å²) in [5.74, 6) is -0.608. The molecular weight excluding hydrogens is 410 g/mol. The van der Waals surface area contributed by atoms with E-state index in [9.17, 15) is 22.8 Å². The number of carbonyl (C=O) groups is 3. The molecule has 158 valence electrons. The Morgan fingerprint density at radius 2 is 2.00 bits per heavy atom. The second kappa shape index (κ2) is 7.85. The van der Waals surface area contributed by atoms with E-state index in [4.69, 9.17) is 14.0 Å². The van der Waals surface area contributed by atoms with Crippen molar-refractivity contribution in [2.45, 2.75) is 25.9 Å². The van der Waals surface area contributed by atoms with E-state index in [-0.39, 0.29) is 18.9 Å². The summed E-state index contributed by atoms with van der Waals surface area (Å²) in [6.45, 7) is 3.63. The van der Waals surface area contributed by atoms with Gasteiger partial charge in [-0.3, -0.25) is 4.55 Å². The molecule has 2 atom stereocenters. The molecule has 12 nitrogen and oxygen atoms in total. The Kier molecular flexibility index (Phi) is 5.64. The number of benzene rings is 1. The van der Waals surface area contributed by atoms with E-state index >= 15 is 0 Å². The number of amides is 3. The molecule has 2 bridgehead atoms. The van der Waals surface area contributed by atoms with Crippen LogP contribution in [0.3, 0.4) is 0 Å². The van der Waals surface area contributed by atoms with E-state index in [1.807, 2.05) is 0 Å². The molecule has 3 amide bonds. The fraction of sp³-hybridized carbons (Fsp3) is 0.438. The second-order valence-electron chi connectivity index (χ2n) is 6.14. The van der Waals surface area contributed by atoms with Crippen molar-refractivity contribution in [3.63, 3.8) is 0 Å². The molecule has 2 N–H and O–H groups in total. The number of nitrogens with one attached hydrogen (secondary N) is 1. The third-order valence-corrected chi connectivity index (χ3v) is 4.68. The molecule has 1 aromatic carbocycles. The molecular formula is C16H19N3O9S. The molecule has 0 spiro atoms. The molecule has 3 rings (SSSR count). The largest absolute Gasteiger partial charge is 0.464 e. The quantitative estimate of drug-likeness (QED) is 0.497. The van der Waals surface area contributed by atoms with Gasteiger partial charge in [0.25, 0.3) is 0 Å². The first-order valence-electron chi connectivity index (χ1n) is 8.69. The highest BCUT2D eigenvalue weighted by Crippen LogP contribution is 2.45. The van der Waals surface area contributed by atoms with Crippen molar-refractivity contribution in [1.82, 2.24) is 15.3 Å². The summed E-state index contributed by atoms with van der Waals surface area (Å²) in [6, 6.07) is 1.26. The van der Waals surface area contributed by atoms with Gasteiger partial charge in [-0.1, -0.05) is 6.07 Å². The number of nitrogens with zero attached hydrogens (tertiary/aromatic N) is 2. The monoisotopic (exact) mass is 429 g/mol. The van der Waals surface area contributed by atoms with Crippen LogP contribution in [0.15, 0.2) is 18.2 Å². The maximum Gasteiger partial charge on any atom is 0.418 e. The van der Waals surface area contributed by atoms with Crippen molar-refractivity contribution in [3.05, 3.63) is 29.3 Å². The van der Waals surface area contributed by atoms with Crippen molar-refractivity contribution in [1.29, 1.82) is 0 Å². The number of fused-ring (bicyclic) bond motifs is 4. The van der Waals surface area contributed by atoms with Crippen molar-refractivity contribution >= 4 is 28.5 Å². The summed E-state index contributed by atoms with van der Waals surface area (Å²) >= 11 is 0. The molecule has 2 heterocycles. The molecule has 1 fully saturated rings. The zero-order valence-electron chi connectivity index (χ0n) is 15.5. The Bertz CT molecular complexity index is 949. The summed E-state index contributed by atoms with van der Waals surface area (Å²) < 4.78 is 46.0. The van der Waals surface area contributed by atoms with E-state index < -0.39 is 40.6 Å². The highest BCUT2D eigenvalue weighted by molar-refractivity contribution is 7.80. The zero-order valence-corrected chi connectivity index (χ0v) is 16.3. The number of hydroxylamine groups is 2. The van der Waals surface area contributed by atoms with Crippen LogP contribution < -0.4 is 10.1 Å². The van der Waals surface area contributed by atoms with Gasteiger partial charge in [-0.2, -0.15) is 13.5 Å². The van der Waals surface area contributed by atoms with Crippen LogP contribution in [0.5, 0.6) is 5.75 Å². The van der Waals surface area contributed by atoms with Crippen LogP contribution in [-0.4, -0.2) is 60.7 Å². The number of hydrogen-bond acceptors (Lipinski definition) is 8. The van der Waals surface area contributed by atoms with Crippen LogP contribution in [0.4, 0.5) is 9.59 Å². The molecule has 1 saturated heterocycles. The maximum atomic E-state index is 12.6. The van der Waals surface area contributed by atoms with Gasteiger partial charge in [-0.05, 0) is 37.1 Å². The van der Waals surface area contributed by atoms with Gasteiger partial charge in [0.15, 0.2) is 6.04 Å².